The first-order chi connectivity index (χ1) is 11.1. The Kier molecular flexibility index (Phi) is 5.09. The summed E-state index contributed by atoms with van der Waals surface area (Å²) in [5.41, 5.74) is 2.67. The molecule has 0 bridgehead atoms. The van der Waals surface area contributed by atoms with Crippen LogP contribution in [0.5, 0.6) is 0 Å². The Bertz CT molecular complexity index is 542. The van der Waals surface area contributed by atoms with Crippen LogP contribution in [0.15, 0.2) is 36.4 Å². The van der Waals surface area contributed by atoms with E-state index in [1.165, 1.54) is 29.3 Å². The van der Waals surface area contributed by atoms with Gasteiger partial charge in [-0.05, 0) is 35.7 Å². The van der Waals surface area contributed by atoms with Crippen molar-refractivity contribution in [2.45, 2.75) is 70.6 Å². The minimum absolute atomic E-state index is 0.280. The first kappa shape index (κ1) is 16.9. The Morgan fingerprint density at radius 2 is 1.74 bits per heavy atom. The van der Waals surface area contributed by atoms with Crippen LogP contribution in [0.4, 0.5) is 0 Å². The first-order valence-corrected chi connectivity index (χ1v) is 11.8. The van der Waals surface area contributed by atoms with E-state index < -0.39 is 8.32 Å². The van der Waals surface area contributed by atoms with E-state index in [9.17, 15) is 0 Å². The minimum Gasteiger partial charge on any atom is -0.413 e. The lowest BCUT2D eigenvalue weighted by atomic mass is 9.97. The third-order valence-corrected chi connectivity index (χ3v) is 10.6. The summed E-state index contributed by atoms with van der Waals surface area (Å²) in [6.07, 6.45) is 4.34. The van der Waals surface area contributed by atoms with Crippen LogP contribution in [-0.4, -0.2) is 26.6 Å². The van der Waals surface area contributed by atoms with Gasteiger partial charge in [0.2, 0.25) is 0 Å². The van der Waals surface area contributed by atoms with Crippen molar-refractivity contribution in [3.63, 3.8) is 0 Å². The summed E-state index contributed by atoms with van der Waals surface area (Å²) in [7, 11) is -1.57. The summed E-state index contributed by atoms with van der Waals surface area (Å²) in [6, 6.07) is 14.3. The molecule has 4 atom stereocenters. The molecule has 1 heterocycles. The molecule has 0 radical (unpaired) electrons. The molecular formula is C20H30O2Si. The highest BCUT2D eigenvalue weighted by Crippen LogP contribution is 2.45. The lowest BCUT2D eigenvalue weighted by Gasteiger charge is -2.35. The van der Waals surface area contributed by atoms with E-state index in [-0.39, 0.29) is 6.10 Å². The smallest absolute Gasteiger partial charge is 0.192 e. The van der Waals surface area contributed by atoms with Crippen LogP contribution in [0, 0.1) is 5.92 Å². The van der Waals surface area contributed by atoms with E-state index >= 15 is 0 Å². The molecule has 0 N–H and O–H groups in total. The van der Waals surface area contributed by atoms with E-state index in [4.69, 9.17) is 9.16 Å². The van der Waals surface area contributed by atoms with Crippen molar-refractivity contribution in [1.29, 1.82) is 0 Å². The Balaban J connectivity index is 1.81. The molecule has 1 aromatic rings. The average molecular weight is 331 g/mol. The van der Waals surface area contributed by atoms with Gasteiger partial charge >= 0.3 is 0 Å². The lowest BCUT2D eigenvalue weighted by molar-refractivity contribution is 0.113. The molecule has 1 aromatic carbocycles. The second-order valence-corrected chi connectivity index (χ2v) is 11.8. The second-order valence-electron chi connectivity index (χ2n) is 7.04. The van der Waals surface area contributed by atoms with E-state index in [1.807, 2.05) is 0 Å². The molecule has 0 amide bonds. The van der Waals surface area contributed by atoms with Gasteiger partial charge in [-0.15, -0.1) is 0 Å². The minimum atomic E-state index is -1.57. The highest BCUT2D eigenvalue weighted by molar-refractivity contribution is 6.73. The van der Waals surface area contributed by atoms with Crippen LogP contribution in [0.3, 0.4) is 0 Å². The largest absolute Gasteiger partial charge is 0.413 e. The topological polar surface area (TPSA) is 21.8 Å². The number of rotatable bonds is 6. The summed E-state index contributed by atoms with van der Waals surface area (Å²) in [5.74, 6) is 0.481. The highest BCUT2D eigenvalue weighted by atomic mass is 28.4. The first-order valence-electron chi connectivity index (χ1n) is 9.23. The van der Waals surface area contributed by atoms with Crippen molar-refractivity contribution >= 4 is 13.9 Å². The molecule has 23 heavy (non-hydrogen) atoms. The van der Waals surface area contributed by atoms with Crippen LogP contribution in [0.25, 0.3) is 5.57 Å². The fraction of sp³-hybridized carbons (Fsp3) is 0.600. The number of hydrogen-bond donors (Lipinski definition) is 0. The third kappa shape index (κ3) is 3.33. The fourth-order valence-electron chi connectivity index (χ4n) is 3.95. The number of ether oxygens (including phenoxy) is 1. The molecule has 1 aliphatic carbocycles. The van der Waals surface area contributed by atoms with Gasteiger partial charge in [0.05, 0.1) is 12.2 Å². The summed E-state index contributed by atoms with van der Waals surface area (Å²) in [5, 5.41) is 0. The number of epoxide rings is 1. The molecular weight excluding hydrogens is 300 g/mol. The van der Waals surface area contributed by atoms with E-state index in [2.05, 4.69) is 64.1 Å². The van der Waals surface area contributed by atoms with Gasteiger partial charge in [-0.25, -0.2) is 0 Å². The number of fused-ring (bicyclic) bond motifs is 1. The molecule has 1 fully saturated rings. The average Bonchev–Trinajstić information content (AvgIpc) is 3.39. The quantitative estimate of drug-likeness (QED) is 0.523. The van der Waals surface area contributed by atoms with Gasteiger partial charge in [-0.2, -0.15) is 0 Å². The van der Waals surface area contributed by atoms with Gasteiger partial charge < -0.3 is 9.16 Å². The molecule has 0 unspecified atom stereocenters. The van der Waals surface area contributed by atoms with E-state index in [0.717, 1.165) is 6.42 Å². The second kappa shape index (κ2) is 6.92. The molecule has 3 rings (SSSR count). The summed E-state index contributed by atoms with van der Waals surface area (Å²) >= 11 is 0. The normalized spacial score (nSPS) is 30.3. The molecule has 0 saturated carbocycles. The monoisotopic (exact) mass is 330 g/mol. The van der Waals surface area contributed by atoms with Crippen LogP contribution in [-0.2, 0) is 9.16 Å². The molecule has 2 nitrogen and oxygen atoms in total. The molecule has 2 aliphatic rings. The van der Waals surface area contributed by atoms with Crippen molar-refractivity contribution in [2.75, 3.05) is 0 Å². The molecule has 1 aliphatic heterocycles. The maximum atomic E-state index is 6.81. The van der Waals surface area contributed by atoms with Crippen LogP contribution in [0.2, 0.25) is 18.1 Å². The summed E-state index contributed by atoms with van der Waals surface area (Å²) < 4.78 is 12.9. The SMILES string of the molecule is CC[Si](CC)(CC)O[C@@H]1CC=C(c2ccccc2)[C@@H]2O[C@@H]2[C@@H]1C. The van der Waals surface area contributed by atoms with Crippen LogP contribution in [0.1, 0.15) is 39.7 Å². The van der Waals surface area contributed by atoms with E-state index in [0.29, 0.717) is 18.1 Å². The van der Waals surface area contributed by atoms with E-state index in [1.54, 1.807) is 0 Å². The summed E-state index contributed by atoms with van der Waals surface area (Å²) in [6.45, 7) is 9.24. The maximum absolute atomic E-state index is 6.81. The molecule has 1 saturated heterocycles. The lowest BCUT2D eigenvalue weighted by Crippen LogP contribution is -2.42. The molecule has 3 heteroatoms. The zero-order valence-corrected chi connectivity index (χ0v) is 15.9. The van der Waals surface area contributed by atoms with Gasteiger partial charge in [0.1, 0.15) is 6.10 Å². The predicted octanol–water partition coefficient (Wildman–Crippen LogP) is 5.27. The fourth-order valence-corrected chi connectivity index (χ4v) is 6.90. The summed E-state index contributed by atoms with van der Waals surface area (Å²) in [4.78, 5) is 0. The zero-order chi connectivity index (χ0) is 16.4. The third-order valence-electron chi connectivity index (χ3n) is 5.95. The van der Waals surface area contributed by atoms with Gasteiger partial charge in [-0.3, -0.25) is 0 Å². The highest BCUT2D eigenvalue weighted by Gasteiger charge is 2.50. The van der Waals surface area contributed by atoms with Gasteiger partial charge in [0.15, 0.2) is 8.32 Å². The molecule has 0 aromatic heterocycles. The molecule has 0 spiro atoms. The van der Waals surface area contributed by atoms with Gasteiger partial charge in [-0.1, -0.05) is 64.1 Å². The van der Waals surface area contributed by atoms with Crippen molar-refractivity contribution in [2.24, 2.45) is 5.92 Å². The van der Waals surface area contributed by atoms with Crippen molar-refractivity contribution in [3.8, 4) is 0 Å². The van der Waals surface area contributed by atoms with Gasteiger partial charge in [0.25, 0.3) is 0 Å². The predicted molar refractivity (Wildman–Crippen MR) is 98.9 cm³/mol. The number of hydrogen-bond acceptors (Lipinski definition) is 2. The van der Waals surface area contributed by atoms with Crippen LogP contribution < -0.4 is 0 Å². The van der Waals surface area contributed by atoms with Gasteiger partial charge in [0, 0.05) is 5.92 Å². The van der Waals surface area contributed by atoms with Crippen molar-refractivity contribution in [3.05, 3.63) is 42.0 Å². The zero-order valence-electron chi connectivity index (χ0n) is 14.9. The maximum Gasteiger partial charge on any atom is 0.192 e. The Morgan fingerprint density at radius 1 is 1.09 bits per heavy atom. The Morgan fingerprint density at radius 3 is 2.35 bits per heavy atom. The van der Waals surface area contributed by atoms with Crippen LogP contribution >= 0.6 is 0 Å². The molecule has 126 valence electrons. The standard InChI is InChI=1S/C20H30O2Si/c1-5-23(6-2,7-3)22-18-14-13-17(16-11-9-8-10-12-16)20-19(21-20)15(18)4/h8-13,15,18-20H,5-7,14H2,1-4H3/t15-,18-,19-,20+/m1/s1. The Hall–Kier alpha value is -0.903. The number of benzene rings is 1. The Labute approximate surface area is 142 Å². The van der Waals surface area contributed by atoms with Crippen molar-refractivity contribution in [1.82, 2.24) is 0 Å². The van der Waals surface area contributed by atoms with Crippen molar-refractivity contribution < 1.29 is 9.16 Å².